The maximum atomic E-state index is 12.5. The molecule has 0 bridgehead atoms. The third kappa shape index (κ3) is 3.67. The Morgan fingerprint density at radius 2 is 2.29 bits per heavy atom. The van der Waals surface area contributed by atoms with Gasteiger partial charge >= 0.3 is 6.03 Å². The molecule has 0 radical (unpaired) electrons. The summed E-state index contributed by atoms with van der Waals surface area (Å²) < 4.78 is 5.57. The van der Waals surface area contributed by atoms with Gasteiger partial charge in [-0.15, -0.1) is 0 Å². The quantitative estimate of drug-likeness (QED) is 0.899. The number of carbonyl (C=O) groups excluding carboxylic acids is 2. The predicted octanol–water partition coefficient (Wildman–Crippen LogP) is 2.51. The Bertz CT molecular complexity index is 755. The van der Waals surface area contributed by atoms with Gasteiger partial charge in [0.25, 0.3) is 0 Å². The van der Waals surface area contributed by atoms with Crippen molar-refractivity contribution in [2.75, 3.05) is 18.4 Å². The van der Waals surface area contributed by atoms with E-state index in [1.54, 1.807) is 17.0 Å². The van der Waals surface area contributed by atoms with Crippen LogP contribution in [0.2, 0.25) is 0 Å². The summed E-state index contributed by atoms with van der Waals surface area (Å²) in [7, 11) is 0. The minimum atomic E-state index is -0.314. The van der Waals surface area contributed by atoms with Gasteiger partial charge in [-0.3, -0.25) is 4.79 Å². The van der Waals surface area contributed by atoms with Crippen molar-refractivity contribution in [2.24, 2.45) is 11.7 Å². The molecule has 3 N–H and O–H groups in total. The minimum absolute atomic E-state index is 0.145. The van der Waals surface area contributed by atoms with Crippen molar-refractivity contribution in [3.8, 4) is 0 Å². The van der Waals surface area contributed by atoms with Gasteiger partial charge in [0, 0.05) is 31.6 Å². The zero-order chi connectivity index (χ0) is 17.1. The molecule has 1 aliphatic rings. The number of carbonyl (C=O) groups is 2. The second kappa shape index (κ2) is 6.90. The van der Waals surface area contributed by atoms with Crippen molar-refractivity contribution < 1.29 is 14.0 Å². The zero-order valence-corrected chi connectivity index (χ0v) is 13.7. The number of aryl methyl sites for hydroxylation is 1. The average Bonchev–Trinajstić information content (AvgIpc) is 2.97. The summed E-state index contributed by atoms with van der Waals surface area (Å²) in [5, 5.41) is 2.89. The number of oxazole rings is 1. The van der Waals surface area contributed by atoms with Crippen molar-refractivity contribution in [1.29, 1.82) is 0 Å². The van der Waals surface area contributed by atoms with E-state index in [9.17, 15) is 9.59 Å². The lowest BCUT2D eigenvalue weighted by atomic mass is 9.95. The van der Waals surface area contributed by atoms with Crippen LogP contribution in [0.15, 0.2) is 22.6 Å². The molecule has 24 heavy (non-hydrogen) atoms. The fraction of sp³-hybridized carbons (Fsp3) is 0.471. The van der Waals surface area contributed by atoms with Crippen molar-refractivity contribution in [1.82, 2.24) is 9.88 Å². The van der Waals surface area contributed by atoms with Crippen molar-refractivity contribution in [3.63, 3.8) is 0 Å². The van der Waals surface area contributed by atoms with Gasteiger partial charge in [0.1, 0.15) is 5.52 Å². The van der Waals surface area contributed by atoms with Gasteiger partial charge in [-0.1, -0.05) is 6.92 Å². The molecule has 2 aromatic rings. The molecule has 0 aliphatic carbocycles. The molecule has 3 amide bonds. The third-order valence-corrected chi connectivity index (χ3v) is 4.28. The number of hydrogen-bond acceptors (Lipinski definition) is 4. The van der Waals surface area contributed by atoms with Crippen LogP contribution in [0, 0.1) is 5.92 Å². The lowest BCUT2D eigenvalue weighted by Gasteiger charge is -2.32. The molecular weight excluding hydrogens is 308 g/mol. The number of primary amides is 1. The van der Waals surface area contributed by atoms with Crippen LogP contribution in [0.5, 0.6) is 0 Å². The average molecular weight is 330 g/mol. The smallest absolute Gasteiger partial charge is 0.321 e. The van der Waals surface area contributed by atoms with Crippen LogP contribution in [-0.2, 0) is 11.2 Å². The molecule has 7 nitrogen and oxygen atoms in total. The lowest BCUT2D eigenvalue weighted by Crippen LogP contribution is -2.43. The second-order valence-corrected chi connectivity index (χ2v) is 6.20. The van der Waals surface area contributed by atoms with E-state index in [4.69, 9.17) is 10.2 Å². The van der Waals surface area contributed by atoms with Crippen LogP contribution in [0.1, 0.15) is 32.1 Å². The van der Waals surface area contributed by atoms with Gasteiger partial charge < -0.3 is 20.4 Å². The topological polar surface area (TPSA) is 101 Å². The number of anilines is 1. The third-order valence-electron chi connectivity index (χ3n) is 4.28. The van der Waals surface area contributed by atoms with Gasteiger partial charge in [0.05, 0.1) is 0 Å². The van der Waals surface area contributed by atoms with Gasteiger partial charge in [-0.25, -0.2) is 9.78 Å². The van der Waals surface area contributed by atoms with Crippen LogP contribution in [0.25, 0.3) is 11.1 Å². The highest BCUT2D eigenvalue weighted by molar-refractivity contribution is 5.91. The second-order valence-electron chi connectivity index (χ2n) is 6.20. The highest BCUT2D eigenvalue weighted by atomic mass is 16.3. The van der Waals surface area contributed by atoms with E-state index in [0.717, 1.165) is 24.8 Å². The normalized spacial score (nSPS) is 17.9. The van der Waals surface area contributed by atoms with E-state index >= 15 is 0 Å². The van der Waals surface area contributed by atoms with Crippen molar-refractivity contribution in [2.45, 2.75) is 32.6 Å². The summed E-state index contributed by atoms with van der Waals surface area (Å²) in [6.45, 7) is 3.22. The molecule has 128 valence electrons. The van der Waals surface area contributed by atoms with E-state index < -0.39 is 0 Å². The molecule has 1 aliphatic heterocycles. The van der Waals surface area contributed by atoms with Crippen molar-refractivity contribution >= 4 is 28.7 Å². The first kappa shape index (κ1) is 16.3. The Balaban J connectivity index is 1.66. The maximum Gasteiger partial charge on any atom is 0.321 e. The molecule has 2 heterocycles. The van der Waals surface area contributed by atoms with E-state index in [-0.39, 0.29) is 17.9 Å². The van der Waals surface area contributed by atoms with Crippen LogP contribution in [0.3, 0.4) is 0 Å². The van der Waals surface area contributed by atoms with Crippen LogP contribution in [0.4, 0.5) is 10.5 Å². The fourth-order valence-corrected chi connectivity index (χ4v) is 3.11. The maximum absolute atomic E-state index is 12.5. The Morgan fingerprint density at radius 3 is 3.04 bits per heavy atom. The number of rotatable bonds is 4. The first-order chi connectivity index (χ1) is 11.5. The van der Waals surface area contributed by atoms with E-state index in [1.807, 2.05) is 13.0 Å². The Morgan fingerprint density at radius 1 is 1.46 bits per heavy atom. The minimum Gasteiger partial charge on any atom is -0.441 e. The largest absolute Gasteiger partial charge is 0.441 e. The number of piperidine rings is 1. The first-order valence-corrected chi connectivity index (χ1v) is 8.29. The molecule has 1 fully saturated rings. The number of nitrogens with two attached hydrogens (primary N) is 1. The van der Waals surface area contributed by atoms with Gasteiger partial charge in [-0.2, -0.15) is 0 Å². The predicted molar refractivity (Wildman–Crippen MR) is 90.5 cm³/mol. The van der Waals surface area contributed by atoms with Gasteiger partial charge in [0.15, 0.2) is 11.5 Å². The number of nitrogens with one attached hydrogen (secondary N) is 1. The molecule has 1 aromatic heterocycles. The number of nitrogens with zero attached hydrogens (tertiary/aromatic N) is 2. The molecule has 7 heteroatoms. The number of benzene rings is 1. The summed E-state index contributed by atoms with van der Waals surface area (Å²) in [5.41, 5.74) is 7.39. The SMILES string of the molecule is CCc1nc2cc(NC(=O)N3CCCC(CC(N)=O)C3)ccc2o1. The van der Waals surface area contributed by atoms with Gasteiger partial charge in [0.2, 0.25) is 5.91 Å². The zero-order valence-electron chi connectivity index (χ0n) is 13.7. The Kier molecular flexibility index (Phi) is 4.69. The number of amides is 3. The lowest BCUT2D eigenvalue weighted by molar-refractivity contribution is -0.119. The van der Waals surface area contributed by atoms with E-state index in [1.165, 1.54) is 0 Å². The Hall–Kier alpha value is -2.57. The highest BCUT2D eigenvalue weighted by Crippen LogP contribution is 2.23. The summed E-state index contributed by atoms with van der Waals surface area (Å²) in [4.78, 5) is 29.6. The number of likely N-dealkylation sites (tertiary alicyclic amines) is 1. The number of aromatic nitrogens is 1. The standard InChI is InChI=1S/C17H22N4O3/c1-2-16-20-13-9-12(5-6-14(13)24-16)19-17(23)21-7-3-4-11(10-21)8-15(18)22/h5-6,9,11H,2-4,7-8,10H2,1H3,(H2,18,22)(H,19,23). The number of hydrogen-bond donors (Lipinski definition) is 2. The highest BCUT2D eigenvalue weighted by Gasteiger charge is 2.24. The summed E-state index contributed by atoms with van der Waals surface area (Å²) in [6.07, 6.45) is 2.87. The summed E-state index contributed by atoms with van der Waals surface area (Å²) in [5.74, 6) is 0.511. The molecule has 1 aromatic carbocycles. The summed E-state index contributed by atoms with van der Waals surface area (Å²) >= 11 is 0. The van der Waals surface area contributed by atoms with E-state index in [0.29, 0.717) is 36.7 Å². The number of urea groups is 1. The van der Waals surface area contributed by atoms with Gasteiger partial charge in [-0.05, 0) is 37.0 Å². The van der Waals surface area contributed by atoms with Crippen LogP contribution in [-0.4, -0.2) is 34.9 Å². The molecule has 1 atom stereocenters. The van der Waals surface area contributed by atoms with Crippen LogP contribution >= 0.6 is 0 Å². The van der Waals surface area contributed by atoms with E-state index in [2.05, 4.69) is 10.3 Å². The molecule has 0 saturated carbocycles. The molecule has 1 saturated heterocycles. The number of fused-ring (bicyclic) bond motifs is 1. The Labute approximate surface area is 140 Å². The van der Waals surface area contributed by atoms with Crippen LogP contribution < -0.4 is 11.1 Å². The van der Waals surface area contributed by atoms with Crippen molar-refractivity contribution in [3.05, 3.63) is 24.1 Å². The molecule has 0 spiro atoms. The summed E-state index contributed by atoms with van der Waals surface area (Å²) in [6, 6.07) is 5.25. The first-order valence-electron chi connectivity index (χ1n) is 8.29. The monoisotopic (exact) mass is 330 g/mol. The fourth-order valence-electron chi connectivity index (χ4n) is 3.11. The molecule has 1 unspecified atom stereocenters. The molecule has 3 rings (SSSR count). The molecular formula is C17H22N4O3.